The van der Waals surface area contributed by atoms with Gasteiger partial charge >= 0.3 is 0 Å². The van der Waals surface area contributed by atoms with Gasteiger partial charge in [-0.2, -0.15) is 0 Å². The summed E-state index contributed by atoms with van der Waals surface area (Å²) in [6.45, 7) is 2.89. The van der Waals surface area contributed by atoms with Crippen LogP contribution in [0.4, 0.5) is 5.69 Å². The van der Waals surface area contributed by atoms with Crippen LogP contribution in [0.2, 0.25) is 0 Å². The van der Waals surface area contributed by atoms with Crippen molar-refractivity contribution >= 4 is 18.0 Å². The number of benzene rings is 2. The Kier molecular flexibility index (Phi) is 10.4. The van der Waals surface area contributed by atoms with Crippen LogP contribution in [0, 0.1) is 0 Å². The molecule has 2 saturated carbocycles. The summed E-state index contributed by atoms with van der Waals surface area (Å²) in [7, 11) is 1.67. The number of anilines is 1. The number of ether oxygens (including phenoxy) is 1. The van der Waals surface area contributed by atoms with Crippen LogP contribution in [0.15, 0.2) is 66.9 Å². The van der Waals surface area contributed by atoms with Crippen LogP contribution >= 0.6 is 0 Å². The zero-order valence-electron chi connectivity index (χ0n) is 23.8. The first-order valence-corrected chi connectivity index (χ1v) is 14.4. The first-order valence-electron chi connectivity index (χ1n) is 14.4. The number of nitrogens with one attached hydrogen (secondary N) is 1. The lowest BCUT2D eigenvalue weighted by atomic mass is 9.72. The average Bonchev–Trinajstić information content (AvgIpc) is 2.97. The maximum atomic E-state index is 11.4. The molecule has 0 bridgehead atoms. The van der Waals surface area contributed by atoms with Crippen LogP contribution < -0.4 is 11.1 Å². The fourth-order valence-electron chi connectivity index (χ4n) is 5.54. The Balaban J connectivity index is 0.000000240. The average molecular weight is 543 g/mol. The van der Waals surface area contributed by atoms with Gasteiger partial charge < -0.3 is 20.7 Å². The summed E-state index contributed by atoms with van der Waals surface area (Å²) in [6.07, 6.45) is 12.2. The minimum Gasteiger partial charge on any atom is -0.383 e. The van der Waals surface area contributed by atoms with E-state index in [0.29, 0.717) is 18.3 Å². The number of aromatic nitrogens is 1. The van der Waals surface area contributed by atoms with E-state index in [9.17, 15) is 9.59 Å². The van der Waals surface area contributed by atoms with Crippen molar-refractivity contribution in [3.8, 4) is 22.4 Å². The van der Waals surface area contributed by atoms with Crippen molar-refractivity contribution in [1.29, 1.82) is 0 Å². The normalized spacial score (nSPS) is 16.2. The topological polar surface area (TPSA) is 97.6 Å². The molecule has 5 rings (SSSR count). The van der Waals surface area contributed by atoms with Crippen molar-refractivity contribution in [2.75, 3.05) is 25.6 Å². The van der Waals surface area contributed by atoms with Crippen molar-refractivity contribution in [3.05, 3.63) is 72.4 Å². The van der Waals surface area contributed by atoms with Gasteiger partial charge in [-0.15, -0.1) is 0 Å². The van der Waals surface area contributed by atoms with E-state index in [-0.39, 0.29) is 11.4 Å². The van der Waals surface area contributed by atoms with Gasteiger partial charge in [-0.3, -0.25) is 14.6 Å². The molecule has 2 fully saturated rings. The highest BCUT2D eigenvalue weighted by molar-refractivity contribution is 5.91. The molecule has 1 heterocycles. The van der Waals surface area contributed by atoms with Gasteiger partial charge in [-0.05, 0) is 49.3 Å². The molecule has 2 aromatic carbocycles. The van der Waals surface area contributed by atoms with Crippen LogP contribution in [0.3, 0.4) is 0 Å². The number of nitrogens with two attached hydrogens (primary N) is 1. The minimum absolute atomic E-state index is 0.110. The summed E-state index contributed by atoms with van der Waals surface area (Å²) in [5.74, 6) is -0.110. The van der Waals surface area contributed by atoms with Crippen LogP contribution in [-0.4, -0.2) is 48.5 Å². The lowest BCUT2D eigenvalue weighted by Gasteiger charge is -2.38. The van der Waals surface area contributed by atoms with Crippen LogP contribution in [0.1, 0.15) is 63.9 Å². The second-order valence-corrected chi connectivity index (χ2v) is 10.9. The third-order valence-corrected chi connectivity index (χ3v) is 8.00. The van der Waals surface area contributed by atoms with Gasteiger partial charge in [0, 0.05) is 43.3 Å². The number of carbonyl (C=O) groups is 2. The van der Waals surface area contributed by atoms with E-state index >= 15 is 0 Å². The molecule has 40 heavy (non-hydrogen) atoms. The van der Waals surface area contributed by atoms with Crippen LogP contribution in [0.25, 0.3) is 22.4 Å². The van der Waals surface area contributed by atoms with Gasteiger partial charge in [0.25, 0.3) is 0 Å². The third-order valence-electron chi connectivity index (χ3n) is 8.00. The highest BCUT2D eigenvalue weighted by Crippen LogP contribution is 2.40. The molecular formula is C33H42N4O3. The summed E-state index contributed by atoms with van der Waals surface area (Å²) in [4.78, 5) is 28.8. The lowest BCUT2D eigenvalue weighted by Crippen LogP contribution is -2.43. The molecule has 0 radical (unpaired) electrons. The van der Waals surface area contributed by atoms with E-state index < -0.39 is 0 Å². The Hall–Kier alpha value is -3.55. The van der Waals surface area contributed by atoms with Crippen molar-refractivity contribution < 1.29 is 14.3 Å². The number of hydrogen-bond acceptors (Lipinski definition) is 5. The highest BCUT2D eigenvalue weighted by Gasteiger charge is 2.34. The zero-order valence-corrected chi connectivity index (χ0v) is 23.8. The van der Waals surface area contributed by atoms with Gasteiger partial charge in [0.15, 0.2) is 0 Å². The van der Waals surface area contributed by atoms with Crippen molar-refractivity contribution in [2.24, 2.45) is 5.73 Å². The van der Waals surface area contributed by atoms with Gasteiger partial charge in [-0.1, -0.05) is 73.9 Å². The summed E-state index contributed by atoms with van der Waals surface area (Å²) < 4.78 is 4.96. The van der Waals surface area contributed by atoms with E-state index in [1.807, 2.05) is 29.2 Å². The molecule has 212 valence electrons. The number of rotatable bonds is 9. The van der Waals surface area contributed by atoms with E-state index in [1.54, 1.807) is 13.3 Å². The molecule has 0 aliphatic heterocycles. The smallest absolute Gasteiger partial charge is 0.221 e. The number of carbonyl (C=O) groups excluding carboxylic acids is 2. The fraction of sp³-hybridized carbons (Fsp3) is 0.424. The second kappa shape index (κ2) is 14.2. The molecule has 3 N–H and O–H groups in total. The molecule has 2 aliphatic rings. The molecule has 1 aromatic heterocycles. The monoisotopic (exact) mass is 542 g/mol. The second-order valence-electron chi connectivity index (χ2n) is 10.9. The molecule has 0 spiro atoms. The number of pyridine rings is 1. The van der Waals surface area contributed by atoms with Crippen LogP contribution in [-0.2, 0) is 19.9 Å². The number of amides is 2. The largest absolute Gasteiger partial charge is 0.383 e. The first-order chi connectivity index (χ1) is 19.4. The maximum absolute atomic E-state index is 11.4. The molecular weight excluding hydrogens is 500 g/mol. The van der Waals surface area contributed by atoms with E-state index in [2.05, 4.69) is 46.7 Å². The van der Waals surface area contributed by atoms with Gasteiger partial charge in [0.1, 0.15) is 0 Å². The summed E-state index contributed by atoms with van der Waals surface area (Å²) in [6, 6.07) is 21.0. The Morgan fingerprint density at radius 1 is 1.05 bits per heavy atom. The molecule has 3 aromatic rings. The van der Waals surface area contributed by atoms with Crippen molar-refractivity contribution in [2.45, 2.75) is 69.9 Å². The lowest BCUT2D eigenvalue weighted by molar-refractivity contribution is -0.121. The maximum Gasteiger partial charge on any atom is 0.221 e. The molecule has 0 atom stereocenters. The molecule has 0 saturated heterocycles. The summed E-state index contributed by atoms with van der Waals surface area (Å²) >= 11 is 0. The molecule has 7 heteroatoms. The predicted octanol–water partition coefficient (Wildman–Crippen LogP) is 6.14. The minimum atomic E-state index is -0.163. The quantitative estimate of drug-likeness (QED) is 0.317. The Morgan fingerprint density at radius 2 is 1.75 bits per heavy atom. The van der Waals surface area contributed by atoms with Gasteiger partial charge in [0.2, 0.25) is 12.3 Å². The fourth-order valence-corrected chi connectivity index (χ4v) is 5.54. The van der Waals surface area contributed by atoms with E-state index in [0.717, 1.165) is 48.2 Å². The van der Waals surface area contributed by atoms with Gasteiger partial charge in [0.05, 0.1) is 24.2 Å². The third kappa shape index (κ3) is 7.55. The number of methoxy groups -OCH3 is 1. The molecule has 7 nitrogen and oxygen atoms in total. The van der Waals surface area contributed by atoms with E-state index in [4.69, 9.17) is 10.5 Å². The summed E-state index contributed by atoms with van der Waals surface area (Å²) in [5.41, 5.74) is 12.1. The molecule has 2 aliphatic carbocycles. The van der Waals surface area contributed by atoms with Gasteiger partial charge in [-0.25, -0.2) is 0 Å². The predicted molar refractivity (Wildman–Crippen MR) is 161 cm³/mol. The number of nitrogens with zero attached hydrogens (tertiary/aromatic N) is 2. The standard InChI is InChI=1S/C23H23N3O.C10H19NO2/c1-16(27)26-20-14-21(17-6-3-2-4-7-17)22(25-15-20)18-8-10-19(11-9-18)23(24)12-5-13-23;1-13-8-7-11(9-12)10-5-3-2-4-6-10/h2-4,6-11,14-15H,5,12-13,24H2,1H3,(H,26,27);9-10H,2-8H2,1H3. The SMILES string of the molecule is CC(=O)Nc1cnc(-c2ccc(C3(N)CCC3)cc2)c(-c2ccccc2)c1.COCCN(C=O)C1CCCCC1. The Bertz CT molecular complexity index is 1240. The first kappa shape index (κ1) is 29.4. The highest BCUT2D eigenvalue weighted by atomic mass is 16.5. The summed E-state index contributed by atoms with van der Waals surface area (Å²) in [5, 5.41) is 2.82. The van der Waals surface area contributed by atoms with Crippen LogP contribution in [0.5, 0.6) is 0 Å². The molecule has 0 unspecified atom stereocenters. The van der Waals surface area contributed by atoms with Crippen molar-refractivity contribution in [3.63, 3.8) is 0 Å². The molecule has 2 amide bonds. The van der Waals surface area contributed by atoms with E-state index in [1.165, 1.54) is 51.0 Å². The Labute approximate surface area is 238 Å². The zero-order chi connectivity index (χ0) is 28.4. The Morgan fingerprint density at radius 3 is 2.33 bits per heavy atom. The van der Waals surface area contributed by atoms with Crippen molar-refractivity contribution in [1.82, 2.24) is 9.88 Å². The number of hydrogen-bond donors (Lipinski definition) is 2.